The van der Waals surface area contributed by atoms with Crippen molar-refractivity contribution in [2.45, 2.75) is 180 Å². The number of carbonyl (C=O) groups is 1. The SMILES string of the molecule is CCC/C=C/C(O)C(COP(=O)(O)OCC[N+](C)(C)C)NC(=O)CCCCCCCCCCCCCCCCCCCCCCC. The number of amides is 1. The lowest BCUT2D eigenvalue weighted by molar-refractivity contribution is -0.870. The lowest BCUT2D eigenvalue weighted by atomic mass is 10.0. The molecule has 0 aromatic carbocycles. The number of quaternary nitrogens is 1. The van der Waals surface area contributed by atoms with Gasteiger partial charge in [0.25, 0.3) is 0 Å². The van der Waals surface area contributed by atoms with E-state index in [-0.39, 0.29) is 19.1 Å². The average Bonchev–Trinajstić information content (AvgIpc) is 2.99. The van der Waals surface area contributed by atoms with E-state index in [1.54, 1.807) is 6.08 Å². The highest BCUT2D eigenvalue weighted by Gasteiger charge is 2.27. The van der Waals surface area contributed by atoms with Crippen molar-refractivity contribution < 1.29 is 32.9 Å². The minimum Gasteiger partial charge on any atom is -0.387 e. The first-order valence-corrected chi connectivity index (χ1v) is 20.6. The van der Waals surface area contributed by atoms with Gasteiger partial charge in [0.1, 0.15) is 13.2 Å². The van der Waals surface area contributed by atoms with Crippen LogP contribution in [-0.4, -0.2) is 73.4 Å². The van der Waals surface area contributed by atoms with Gasteiger partial charge in [0, 0.05) is 6.42 Å². The van der Waals surface area contributed by atoms with E-state index in [9.17, 15) is 19.4 Å². The van der Waals surface area contributed by atoms with Gasteiger partial charge in [-0.05, 0) is 12.8 Å². The Morgan fingerprint density at radius 3 is 1.57 bits per heavy atom. The Labute approximate surface area is 284 Å². The Hall–Kier alpha value is -0.760. The van der Waals surface area contributed by atoms with Crippen molar-refractivity contribution in [3.63, 3.8) is 0 Å². The molecule has 0 aliphatic carbocycles. The molecule has 8 nitrogen and oxygen atoms in total. The van der Waals surface area contributed by atoms with Crippen molar-refractivity contribution in [1.29, 1.82) is 0 Å². The van der Waals surface area contributed by atoms with Crippen molar-refractivity contribution in [1.82, 2.24) is 5.32 Å². The zero-order valence-electron chi connectivity index (χ0n) is 30.8. The number of phosphoric ester groups is 1. The Bertz CT molecular complexity index is 773. The summed E-state index contributed by atoms with van der Waals surface area (Å²) in [6.07, 6.45) is 32.2. The topological polar surface area (TPSA) is 105 Å². The number of carbonyl (C=O) groups excluding carboxylic acids is 1. The Morgan fingerprint density at radius 2 is 1.15 bits per heavy atom. The molecule has 3 atom stereocenters. The van der Waals surface area contributed by atoms with E-state index < -0.39 is 20.0 Å². The maximum absolute atomic E-state index is 12.6. The summed E-state index contributed by atoms with van der Waals surface area (Å²) >= 11 is 0. The van der Waals surface area contributed by atoms with Gasteiger partial charge in [0.05, 0.1) is 39.9 Å². The summed E-state index contributed by atoms with van der Waals surface area (Å²) < 4.78 is 23.2. The second kappa shape index (κ2) is 30.3. The van der Waals surface area contributed by atoms with Crippen LogP contribution in [0.5, 0.6) is 0 Å². The molecule has 3 unspecified atom stereocenters. The summed E-state index contributed by atoms with van der Waals surface area (Å²) in [5, 5.41) is 13.4. The largest absolute Gasteiger partial charge is 0.472 e. The van der Waals surface area contributed by atoms with Gasteiger partial charge >= 0.3 is 7.82 Å². The first-order valence-electron chi connectivity index (χ1n) is 19.1. The molecule has 0 spiro atoms. The van der Waals surface area contributed by atoms with E-state index in [1.165, 1.54) is 116 Å². The van der Waals surface area contributed by atoms with Crippen molar-refractivity contribution in [2.75, 3.05) is 40.9 Å². The predicted molar refractivity (Wildman–Crippen MR) is 194 cm³/mol. The second-order valence-electron chi connectivity index (χ2n) is 14.3. The normalized spacial score (nSPS) is 14.8. The standard InChI is InChI=1S/C37H75N2O6P/c1-6-8-10-11-12-13-14-15-16-17-18-19-20-21-22-23-24-25-26-27-29-31-37(41)38-35(36(40)30-28-9-7-2)34-45-46(42,43)44-33-32-39(3,4)5/h28,30,35-36,40H,6-27,29,31-34H2,1-5H3,(H-,38,41,42,43)/p+1/b30-28+. The fraction of sp³-hybridized carbons (Fsp3) is 0.919. The average molecular weight is 676 g/mol. The summed E-state index contributed by atoms with van der Waals surface area (Å²) in [7, 11) is 1.57. The summed E-state index contributed by atoms with van der Waals surface area (Å²) in [5.74, 6) is -0.187. The molecular formula is C37H76N2O6P+. The molecule has 0 bridgehead atoms. The Kier molecular flexibility index (Phi) is 29.8. The van der Waals surface area contributed by atoms with Crippen LogP contribution in [0.4, 0.5) is 0 Å². The fourth-order valence-electron chi connectivity index (χ4n) is 5.40. The van der Waals surface area contributed by atoms with Gasteiger partial charge in [-0.15, -0.1) is 0 Å². The van der Waals surface area contributed by atoms with Crippen molar-refractivity contribution in [2.24, 2.45) is 0 Å². The molecule has 0 radical (unpaired) electrons. The van der Waals surface area contributed by atoms with Crippen LogP contribution in [0.25, 0.3) is 0 Å². The molecule has 0 saturated carbocycles. The van der Waals surface area contributed by atoms with E-state index in [4.69, 9.17) is 9.05 Å². The van der Waals surface area contributed by atoms with Gasteiger partial charge in [0.15, 0.2) is 0 Å². The number of rotatable bonds is 34. The first kappa shape index (κ1) is 45.2. The highest BCUT2D eigenvalue weighted by Crippen LogP contribution is 2.43. The van der Waals surface area contributed by atoms with Gasteiger partial charge in [-0.25, -0.2) is 4.57 Å². The molecule has 9 heteroatoms. The number of aliphatic hydroxyl groups excluding tert-OH is 1. The summed E-state index contributed by atoms with van der Waals surface area (Å²) in [6, 6.07) is -0.835. The number of likely N-dealkylation sites (N-methyl/N-ethyl adjacent to an activating group) is 1. The maximum atomic E-state index is 12.6. The highest BCUT2D eigenvalue weighted by molar-refractivity contribution is 7.47. The van der Waals surface area contributed by atoms with Gasteiger partial charge in [-0.2, -0.15) is 0 Å². The lowest BCUT2D eigenvalue weighted by Crippen LogP contribution is -2.45. The number of hydrogen-bond donors (Lipinski definition) is 3. The van der Waals surface area contributed by atoms with Gasteiger partial charge < -0.3 is 19.8 Å². The van der Waals surface area contributed by atoms with E-state index in [2.05, 4.69) is 12.2 Å². The quantitative estimate of drug-likeness (QED) is 0.0272. The molecular weight excluding hydrogens is 599 g/mol. The molecule has 0 aromatic heterocycles. The van der Waals surface area contributed by atoms with Crippen LogP contribution >= 0.6 is 7.82 Å². The van der Waals surface area contributed by atoms with Crippen molar-refractivity contribution in [3.8, 4) is 0 Å². The Balaban J connectivity index is 3.96. The van der Waals surface area contributed by atoms with Crippen molar-refractivity contribution >= 4 is 13.7 Å². The lowest BCUT2D eigenvalue weighted by Gasteiger charge is -2.25. The molecule has 0 aromatic rings. The van der Waals surface area contributed by atoms with Gasteiger partial charge in [-0.1, -0.05) is 161 Å². The number of hydrogen-bond acceptors (Lipinski definition) is 5. The van der Waals surface area contributed by atoms with E-state index in [1.807, 2.05) is 34.1 Å². The summed E-state index contributed by atoms with van der Waals surface area (Å²) in [6.45, 7) is 4.60. The molecule has 0 aliphatic heterocycles. The molecule has 3 N–H and O–H groups in total. The summed E-state index contributed by atoms with van der Waals surface area (Å²) in [5.41, 5.74) is 0. The van der Waals surface area contributed by atoms with Crippen LogP contribution in [0.3, 0.4) is 0 Å². The van der Waals surface area contributed by atoms with E-state index >= 15 is 0 Å². The van der Waals surface area contributed by atoms with Gasteiger partial charge in [-0.3, -0.25) is 13.8 Å². The molecule has 1 amide bonds. The number of nitrogens with zero attached hydrogens (tertiary/aromatic N) is 1. The maximum Gasteiger partial charge on any atom is 0.472 e. The molecule has 0 rings (SSSR count). The van der Waals surface area contributed by atoms with Crippen LogP contribution < -0.4 is 5.32 Å². The molecule has 0 saturated heterocycles. The number of unbranched alkanes of at least 4 members (excludes halogenated alkanes) is 21. The number of aliphatic hydroxyl groups is 1. The Morgan fingerprint density at radius 1 is 0.717 bits per heavy atom. The van der Waals surface area contributed by atoms with Gasteiger partial charge in [0.2, 0.25) is 5.91 Å². The molecule has 0 fully saturated rings. The zero-order chi connectivity index (χ0) is 34.4. The van der Waals surface area contributed by atoms with Crippen LogP contribution in [0.2, 0.25) is 0 Å². The number of nitrogens with one attached hydrogen (secondary N) is 1. The summed E-state index contributed by atoms with van der Waals surface area (Å²) in [4.78, 5) is 22.7. The van der Waals surface area contributed by atoms with Crippen molar-refractivity contribution in [3.05, 3.63) is 12.2 Å². The fourth-order valence-corrected chi connectivity index (χ4v) is 6.14. The zero-order valence-corrected chi connectivity index (χ0v) is 31.7. The van der Waals surface area contributed by atoms with E-state index in [0.29, 0.717) is 17.4 Å². The number of phosphoric acid groups is 1. The first-order chi connectivity index (χ1) is 22.0. The minimum absolute atomic E-state index is 0.0622. The van der Waals surface area contributed by atoms with Crippen LogP contribution in [0, 0.1) is 0 Å². The molecule has 0 heterocycles. The third kappa shape index (κ3) is 31.8. The molecule has 46 heavy (non-hydrogen) atoms. The molecule has 0 aliphatic rings. The van der Waals surface area contributed by atoms with Crippen LogP contribution in [0.1, 0.15) is 168 Å². The molecule has 274 valence electrons. The smallest absolute Gasteiger partial charge is 0.387 e. The monoisotopic (exact) mass is 676 g/mol. The number of allylic oxidation sites excluding steroid dienone is 1. The predicted octanol–water partition coefficient (Wildman–Crippen LogP) is 9.63. The third-order valence-corrected chi connectivity index (χ3v) is 9.47. The van der Waals surface area contributed by atoms with Crippen LogP contribution in [-0.2, 0) is 18.4 Å². The third-order valence-electron chi connectivity index (χ3n) is 8.49. The minimum atomic E-state index is -4.30. The van der Waals surface area contributed by atoms with E-state index in [0.717, 1.165) is 32.1 Å². The van der Waals surface area contributed by atoms with Crippen LogP contribution in [0.15, 0.2) is 12.2 Å². The second-order valence-corrected chi connectivity index (χ2v) is 15.8. The highest BCUT2D eigenvalue weighted by atomic mass is 31.2.